The fourth-order valence-corrected chi connectivity index (χ4v) is 1.43. The first kappa shape index (κ1) is 10.6. The summed E-state index contributed by atoms with van der Waals surface area (Å²) in [6.07, 6.45) is 0. The second-order valence-electron chi connectivity index (χ2n) is 3.09. The Kier molecular flexibility index (Phi) is 2.78. The predicted octanol–water partition coefficient (Wildman–Crippen LogP) is -0.0596. The zero-order valence-electron chi connectivity index (χ0n) is 8.70. The molecule has 0 unspecified atom stereocenters. The van der Waals surface area contributed by atoms with Gasteiger partial charge in [-0.05, 0) is 20.8 Å². The van der Waals surface area contributed by atoms with Crippen LogP contribution >= 0.6 is 0 Å². The minimum atomic E-state index is -0.330. The highest BCUT2D eigenvalue weighted by Crippen LogP contribution is 2.01. The lowest BCUT2D eigenvalue weighted by atomic mass is 10.3. The van der Waals surface area contributed by atoms with Gasteiger partial charge >= 0.3 is 5.69 Å². The van der Waals surface area contributed by atoms with Crippen LogP contribution in [0.4, 0.5) is 5.82 Å². The van der Waals surface area contributed by atoms with Gasteiger partial charge in [0, 0.05) is 13.1 Å². The van der Waals surface area contributed by atoms with E-state index in [1.54, 1.807) is 13.8 Å². The number of aromatic nitrogens is 2. The van der Waals surface area contributed by atoms with Gasteiger partial charge in [-0.2, -0.15) is 0 Å². The molecule has 78 valence electrons. The molecule has 0 aromatic carbocycles. The Morgan fingerprint density at radius 3 is 2.07 bits per heavy atom. The summed E-state index contributed by atoms with van der Waals surface area (Å²) >= 11 is 0. The average molecular weight is 197 g/mol. The number of hydrogen-bond donors (Lipinski definition) is 1. The van der Waals surface area contributed by atoms with E-state index >= 15 is 0 Å². The lowest BCUT2D eigenvalue weighted by Crippen LogP contribution is -2.41. The van der Waals surface area contributed by atoms with Crippen LogP contribution in [0.5, 0.6) is 0 Å². The summed E-state index contributed by atoms with van der Waals surface area (Å²) in [4.78, 5) is 23.3. The van der Waals surface area contributed by atoms with Gasteiger partial charge in [0.25, 0.3) is 5.56 Å². The van der Waals surface area contributed by atoms with Gasteiger partial charge in [-0.25, -0.2) is 4.79 Å². The van der Waals surface area contributed by atoms with Crippen molar-refractivity contribution in [2.24, 2.45) is 0 Å². The van der Waals surface area contributed by atoms with Crippen LogP contribution in [-0.4, -0.2) is 9.13 Å². The molecular formula is C9H15N3O2. The standard InChI is InChI=1S/C9H15N3O2/c1-4-11-7(10)6(3)8(13)12(5-2)9(11)14/h4-5,10H2,1-3H3. The normalized spacial score (nSPS) is 10.5. The Hall–Kier alpha value is -1.52. The zero-order valence-corrected chi connectivity index (χ0v) is 8.70. The SMILES string of the molecule is CCn1c(N)c(C)c(=O)n(CC)c1=O. The van der Waals surface area contributed by atoms with Crippen LogP contribution in [0.15, 0.2) is 9.59 Å². The molecule has 0 spiro atoms. The summed E-state index contributed by atoms with van der Waals surface area (Å²) < 4.78 is 2.59. The summed E-state index contributed by atoms with van der Waals surface area (Å²) in [7, 11) is 0. The smallest absolute Gasteiger partial charge is 0.332 e. The van der Waals surface area contributed by atoms with E-state index in [0.717, 1.165) is 0 Å². The first-order chi connectivity index (χ1) is 6.54. The molecule has 1 aromatic rings. The Bertz CT molecular complexity index is 456. The summed E-state index contributed by atoms with van der Waals surface area (Å²) in [6, 6.07) is 0. The largest absolute Gasteiger partial charge is 0.385 e. The molecular weight excluding hydrogens is 182 g/mol. The minimum Gasteiger partial charge on any atom is -0.385 e. The van der Waals surface area contributed by atoms with Crippen molar-refractivity contribution in [3.63, 3.8) is 0 Å². The quantitative estimate of drug-likeness (QED) is 0.722. The maximum atomic E-state index is 11.7. The number of hydrogen-bond acceptors (Lipinski definition) is 3. The van der Waals surface area contributed by atoms with Crippen LogP contribution in [0, 0.1) is 6.92 Å². The fraction of sp³-hybridized carbons (Fsp3) is 0.556. The van der Waals surface area contributed by atoms with Gasteiger partial charge in [0.2, 0.25) is 0 Å². The lowest BCUT2D eigenvalue weighted by Gasteiger charge is -2.12. The highest BCUT2D eigenvalue weighted by molar-refractivity contribution is 5.37. The highest BCUT2D eigenvalue weighted by atomic mass is 16.2. The molecule has 0 fully saturated rings. The molecule has 0 saturated carbocycles. The van der Waals surface area contributed by atoms with Gasteiger partial charge in [0.15, 0.2) is 0 Å². The van der Waals surface area contributed by atoms with E-state index in [2.05, 4.69) is 0 Å². The molecule has 0 atom stereocenters. The Balaban J connectivity index is 3.74. The molecule has 0 bridgehead atoms. The molecule has 0 aliphatic rings. The monoisotopic (exact) mass is 197 g/mol. The van der Waals surface area contributed by atoms with E-state index in [0.29, 0.717) is 18.7 Å². The van der Waals surface area contributed by atoms with Gasteiger partial charge < -0.3 is 5.73 Å². The Labute approximate surface area is 81.8 Å². The molecule has 0 radical (unpaired) electrons. The second kappa shape index (κ2) is 3.69. The predicted molar refractivity (Wildman–Crippen MR) is 55.5 cm³/mol. The van der Waals surface area contributed by atoms with Crippen molar-refractivity contribution in [3.05, 3.63) is 26.4 Å². The first-order valence-corrected chi connectivity index (χ1v) is 4.64. The van der Waals surface area contributed by atoms with Gasteiger partial charge in [-0.15, -0.1) is 0 Å². The van der Waals surface area contributed by atoms with Crippen molar-refractivity contribution in [1.29, 1.82) is 0 Å². The van der Waals surface area contributed by atoms with Crippen LogP contribution in [-0.2, 0) is 13.1 Å². The van der Waals surface area contributed by atoms with Crippen LogP contribution in [0.1, 0.15) is 19.4 Å². The number of nitrogen functional groups attached to an aromatic ring is 1. The highest BCUT2D eigenvalue weighted by Gasteiger charge is 2.11. The second-order valence-corrected chi connectivity index (χ2v) is 3.09. The maximum absolute atomic E-state index is 11.7. The first-order valence-electron chi connectivity index (χ1n) is 4.64. The van der Waals surface area contributed by atoms with Crippen molar-refractivity contribution >= 4 is 5.82 Å². The molecule has 0 aliphatic heterocycles. The Morgan fingerprint density at radius 1 is 1.14 bits per heavy atom. The topological polar surface area (TPSA) is 70.0 Å². The Morgan fingerprint density at radius 2 is 1.64 bits per heavy atom. The van der Waals surface area contributed by atoms with Crippen LogP contribution in [0.2, 0.25) is 0 Å². The molecule has 14 heavy (non-hydrogen) atoms. The number of anilines is 1. The van der Waals surface area contributed by atoms with Crippen molar-refractivity contribution in [2.75, 3.05) is 5.73 Å². The third-order valence-corrected chi connectivity index (χ3v) is 2.34. The fourth-order valence-electron chi connectivity index (χ4n) is 1.43. The zero-order chi connectivity index (χ0) is 10.9. The van der Waals surface area contributed by atoms with E-state index in [9.17, 15) is 9.59 Å². The van der Waals surface area contributed by atoms with E-state index < -0.39 is 0 Å². The summed E-state index contributed by atoms with van der Waals surface area (Å²) in [6.45, 7) is 6.07. The molecule has 0 aliphatic carbocycles. The van der Waals surface area contributed by atoms with Gasteiger partial charge in [0.1, 0.15) is 5.82 Å². The molecule has 1 heterocycles. The molecule has 5 nitrogen and oxygen atoms in total. The number of nitrogens with zero attached hydrogens (tertiary/aromatic N) is 2. The molecule has 1 aromatic heterocycles. The van der Waals surface area contributed by atoms with Crippen LogP contribution in [0.25, 0.3) is 0 Å². The molecule has 2 N–H and O–H groups in total. The third-order valence-electron chi connectivity index (χ3n) is 2.34. The average Bonchev–Trinajstić information content (AvgIpc) is 2.16. The van der Waals surface area contributed by atoms with Crippen molar-refractivity contribution in [1.82, 2.24) is 9.13 Å². The minimum absolute atomic E-state index is 0.271. The van der Waals surface area contributed by atoms with Gasteiger partial charge in [0.05, 0.1) is 5.56 Å². The third kappa shape index (κ3) is 1.34. The van der Waals surface area contributed by atoms with Crippen molar-refractivity contribution in [2.45, 2.75) is 33.9 Å². The summed E-state index contributed by atoms with van der Waals surface area (Å²) in [5, 5.41) is 0. The van der Waals surface area contributed by atoms with E-state index in [1.807, 2.05) is 6.92 Å². The number of rotatable bonds is 2. The van der Waals surface area contributed by atoms with E-state index in [1.165, 1.54) is 9.13 Å². The van der Waals surface area contributed by atoms with E-state index in [-0.39, 0.29) is 17.1 Å². The molecule has 0 saturated heterocycles. The van der Waals surface area contributed by atoms with Crippen molar-refractivity contribution in [3.8, 4) is 0 Å². The van der Waals surface area contributed by atoms with Crippen molar-refractivity contribution < 1.29 is 0 Å². The number of nitrogens with two attached hydrogens (primary N) is 1. The van der Waals surface area contributed by atoms with E-state index in [4.69, 9.17) is 5.73 Å². The van der Waals surface area contributed by atoms with Gasteiger partial charge in [-0.1, -0.05) is 0 Å². The van der Waals surface area contributed by atoms with Gasteiger partial charge in [-0.3, -0.25) is 13.9 Å². The maximum Gasteiger partial charge on any atom is 0.332 e. The molecule has 0 amide bonds. The molecule has 1 rings (SSSR count). The summed E-state index contributed by atoms with van der Waals surface area (Å²) in [5.41, 5.74) is 5.48. The summed E-state index contributed by atoms with van der Waals surface area (Å²) in [5.74, 6) is 0.271. The van der Waals surface area contributed by atoms with Crippen LogP contribution < -0.4 is 17.0 Å². The molecule has 5 heteroatoms. The lowest BCUT2D eigenvalue weighted by molar-refractivity contribution is 0.589. The van der Waals surface area contributed by atoms with Crippen LogP contribution in [0.3, 0.4) is 0 Å².